The molecule has 5 heteroatoms. The van der Waals surface area contributed by atoms with Crippen LogP contribution in [0.5, 0.6) is 0 Å². The molecule has 0 bridgehead atoms. The van der Waals surface area contributed by atoms with Crippen molar-refractivity contribution in [3.8, 4) is 0 Å². The van der Waals surface area contributed by atoms with Gasteiger partial charge in [0.1, 0.15) is 0 Å². The van der Waals surface area contributed by atoms with E-state index < -0.39 is 0 Å². The summed E-state index contributed by atoms with van der Waals surface area (Å²) in [6, 6.07) is 7.02. The van der Waals surface area contributed by atoms with E-state index in [9.17, 15) is 4.79 Å². The van der Waals surface area contributed by atoms with Crippen LogP contribution in [0.15, 0.2) is 41.1 Å². The highest BCUT2D eigenvalue weighted by molar-refractivity contribution is 9.10. The van der Waals surface area contributed by atoms with Crippen LogP contribution in [0, 0.1) is 6.92 Å². The van der Waals surface area contributed by atoms with Crippen molar-refractivity contribution in [3.05, 3.63) is 57.8 Å². The first-order chi connectivity index (χ1) is 9.08. The lowest BCUT2D eigenvalue weighted by Crippen LogP contribution is -2.23. The van der Waals surface area contributed by atoms with Crippen LogP contribution in [0.25, 0.3) is 0 Å². The largest absolute Gasteiger partial charge is 0.398 e. The van der Waals surface area contributed by atoms with Gasteiger partial charge in [0.15, 0.2) is 0 Å². The van der Waals surface area contributed by atoms with Crippen molar-refractivity contribution in [1.29, 1.82) is 0 Å². The minimum atomic E-state index is -0.128. The monoisotopic (exact) mass is 319 g/mol. The molecule has 2 aromatic rings. The van der Waals surface area contributed by atoms with E-state index in [1.807, 2.05) is 13.0 Å². The summed E-state index contributed by atoms with van der Waals surface area (Å²) >= 11 is 3.31. The van der Waals surface area contributed by atoms with E-state index >= 15 is 0 Å². The number of halogens is 1. The molecule has 1 heterocycles. The number of amides is 1. The molecule has 0 unspecified atom stereocenters. The van der Waals surface area contributed by atoms with Gasteiger partial charge in [0.05, 0.1) is 0 Å². The Morgan fingerprint density at radius 3 is 2.89 bits per heavy atom. The Morgan fingerprint density at radius 1 is 1.42 bits per heavy atom. The smallest absolute Gasteiger partial charge is 0.251 e. The lowest BCUT2D eigenvalue weighted by atomic mass is 10.1. The number of hydrogen-bond donors (Lipinski definition) is 2. The van der Waals surface area contributed by atoms with Crippen LogP contribution in [0.1, 0.15) is 21.5 Å². The summed E-state index contributed by atoms with van der Waals surface area (Å²) in [4.78, 5) is 16.0. The van der Waals surface area contributed by atoms with E-state index in [2.05, 4.69) is 26.2 Å². The quantitative estimate of drug-likeness (QED) is 0.855. The van der Waals surface area contributed by atoms with E-state index in [4.69, 9.17) is 5.73 Å². The first kappa shape index (κ1) is 13.5. The molecule has 0 aliphatic rings. The Morgan fingerprint density at radius 2 is 2.21 bits per heavy atom. The molecule has 0 atom stereocenters. The Hall–Kier alpha value is -1.88. The van der Waals surface area contributed by atoms with Gasteiger partial charge in [-0.2, -0.15) is 0 Å². The number of nitrogens with one attached hydrogen (secondary N) is 1. The molecule has 19 heavy (non-hydrogen) atoms. The topological polar surface area (TPSA) is 68.0 Å². The summed E-state index contributed by atoms with van der Waals surface area (Å²) in [7, 11) is 0. The number of benzene rings is 1. The lowest BCUT2D eigenvalue weighted by Gasteiger charge is -2.08. The van der Waals surface area contributed by atoms with Gasteiger partial charge in [-0.15, -0.1) is 0 Å². The summed E-state index contributed by atoms with van der Waals surface area (Å²) in [5.74, 6) is -0.128. The number of aryl methyl sites for hydroxylation is 1. The van der Waals surface area contributed by atoms with Crippen LogP contribution >= 0.6 is 15.9 Å². The molecule has 98 valence electrons. The molecule has 0 fully saturated rings. The maximum Gasteiger partial charge on any atom is 0.251 e. The molecule has 3 N–H and O–H groups in total. The van der Waals surface area contributed by atoms with Crippen LogP contribution in [-0.2, 0) is 6.54 Å². The summed E-state index contributed by atoms with van der Waals surface area (Å²) in [5.41, 5.74) is 8.99. The Bertz CT molecular complexity index is 613. The number of nitrogen functional groups attached to an aromatic ring is 1. The Kier molecular flexibility index (Phi) is 4.16. The van der Waals surface area contributed by atoms with Gasteiger partial charge < -0.3 is 11.1 Å². The molecule has 4 nitrogen and oxygen atoms in total. The van der Waals surface area contributed by atoms with Crippen LogP contribution in [-0.4, -0.2) is 10.9 Å². The number of pyridine rings is 1. The van der Waals surface area contributed by atoms with Crippen molar-refractivity contribution in [1.82, 2.24) is 10.3 Å². The molecule has 1 amide bonds. The lowest BCUT2D eigenvalue weighted by molar-refractivity contribution is 0.0951. The number of nitrogens with zero attached hydrogens (tertiary/aromatic N) is 1. The molecule has 1 aromatic carbocycles. The van der Waals surface area contributed by atoms with Gasteiger partial charge in [-0.1, -0.05) is 0 Å². The zero-order chi connectivity index (χ0) is 13.8. The zero-order valence-electron chi connectivity index (χ0n) is 10.5. The van der Waals surface area contributed by atoms with Gasteiger partial charge in [0, 0.05) is 34.7 Å². The minimum absolute atomic E-state index is 0.128. The van der Waals surface area contributed by atoms with E-state index in [1.165, 1.54) is 0 Å². The van der Waals surface area contributed by atoms with Crippen LogP contribution < -0.4 is 11.1 Å². The predicted molar refractivity (Wildman–Crippen MR) is 78.7 cm³/mol. The Labute approximate surface area is 120 Å². The fourth-order valence-corrected chi connectivity index (χ4v) is 2.03. The molecular weight excluding hydrogens is 306 g/mol. The van der Waals surface area contributed by atoms with Gasteiger partial charge in [-0.3, -0.25) is 9.78 Å². The third-order valence-corrected chi connectivity index (χ3v) is 3.53. The van der Waals surface area contributed by atoms with Crippen molar-refractivity contribution in [3.63, 3.8) is 0 Å². The highest BCUT2D eigenvalue weighted by Gasteiger charge is 2.07. The standard InChI is InChI=1S/C14H14BrN3O/c1-9-7-17-5-4-11(9)8-18-14(19)10-2-3-13(16)12(15)6-10/h2-7H,8,16H2,1H3,(H,18,19). The Balaban J connectivity index is 2.05. The summed E-state index contributed by atoms with van der Waals surface area (Å²) in [5, 5.41) is 2.87. The molecule has 0 radical (unpaired) electrons. The fourth-order valence-electron chi connectivity index (χ4n) is 1.65. The molecule has 0 spiro atoms. The van der Waals surface area contributed by atoms with Crippen LogP contribution in [0.4, 0.5) is 5.69 Å². The summed E-state index contributed by atoms with van der Waals surface area (Å²) < 4.78 is 0.722. The van der Waals surface area contributed by atoms with Crippen molar-refractivity contribution in [2.75, 3.05) is 5.73 Å². The molecule has 1 aromatic heterocycles. The van der Waals surface area contributed by atoms with Gasteiger partial charge in [0.25, 0.3) is 5.91 Å². The van der Waals surface area contributed by atoms with Crippen LogP contribution in [0.2, 0.25) is 0 Å². The van der Waals surface area contributed by atoms with Gasteiger partial charge in [-0.25, -0.2) is 0 Å². The number of anilines is 1. The third kappa shape index (κ3) is 3.32. The average molecular weight is 320 g/mol. The average Bonchev–Trinajstić information content (AvgIpc) is 2.40. The normalized spacial score (nSPS) is 10.2. The van der Waals surface area contributed by atoms with Crippen molar-refractivity contribution in [2.45, 2.75) is 13.5 Å². The second-order valence-electron chi connectivity index (χ2n) is 4.22. The number of hydrogen-bond acceptors (Lipinski definition) is 3. The van der Waals surface area contributed by atoms with Gasteiger partial charge in [0.2, 0.25) is 0 Å². The van der Waals surface area contributed by atoms with Gasteiger partial charge >= 0.3 is 0 Å². The fraction of sp³-hybridized carbons (Fsp3) is 0.143. The molecule has 2 rings (SSSR count). The van der Waals surface area contributed by atoms with E-state index in [-0.39, 0.29) is 5.91 Å². The second kappa shape index (κ2) is 5.84. The molecule has 0 aliphatic carbocycles. The number of nitrogens with two attached hydrogens (primary N) is 1. The van der Waals surface area contributed by atoms with Crippen molar-refractivity contribution >= 4 is 27.5 Å². The molecule has 0 saturated carbocycles. The number of carbonyl (C=O) groups is 1. The number of aromatic nitrogens is 1. The molecule has 0 saturated heterocycles. The minimum Gasteiger partial charge on any atom is -0.398 e. The van der Waals surface area contributed by atoms with Crippen LogP contribution in [0.3, 0.4) is 0 Å². The highest BCUT2D eigenvalue weighted by atomic mass is 79.9. The SMILES string of the molecule is Cc1cnccc1CNC(=O)c1ccc(N)c(Br)c1. The first-order valence-corrected chi connectivity index (χ1v) is 6.60. The van der Waals surface area contributed by atoms with Crippen molar-refractivity contribution < 1.29 is 4.79 Å². The zero-order valence-corrected chi connectivity index (χ0v) is 12.1. The second-order valence-corrected chi connectivity index (χ2v) is 5.08. The maximum absolute atomic E-state index is 12.0. The molecular formula is C14H14BrN3O. The third-order valence-electron chi connectivity index (χ3n) is 2.84. The highest BCUT2D eigenvalue weighted by Crippen LogP contribution is 2.20. The van der Waals surface area contributed by atoms with E-state index in [0.717, 1.165) is 15.6 Å². The van der Waals surface area contributed by atoms with E-state index in [1.54, 1.807) is 30.6 Å². The molecule has 0 aliphatic heterocycles. The van der Waals surface area contributed by atoms with E-state index in [0.29, 0.717) is 17.8 Å². The summed E-state index contributed by atoms with van der Waals surface area (Å²) in [6.07, 6.45) is 3.50. The number of rotatable bonds is 3. The number of carbonyl (C=O) groups excluding carboxylic acids is 1. The van der Waals surface area contributed by atoms with Crippen molar-refractivity contribution in [2.24, 2.45) is 0 Å². The van der Waals surface area contributed by atoms with Gasteiger partial charge in [-0.05, 0) is 58.2 Å². The first-order valence-electron chi connectivity index (χ1n) is 5.80. The maximum atomic E-state index is 12.0. The predicted octanol–water partition coefficient (Wildman–Crippen LogP) is 2.66. The summed E-state index contributed by atoms with van der Waals surface area (Å²) in [6.45, 7) is 2.45.